The van der Waals surface area contributed by atoms with Gasteiger partial charge in [0, 0.05) is 17.8 Å². The molecule has 30 heavy (non-hydrogen) atoms. The van der Waals surface area contributed by atoms with Crippen molar-refractivity contribution in [3.63, 3.8) is 0 Å². The zero-order chi connectivity index (χ0) is 21.5. The van der Waals surface area contributed by atoms with Crippen molar-refractivity contribution >= 4 is 11.0 Å². The van der Waals surface area contributed by atoms with E-state index in [0.29, 0.717) is 4.57 Å². The van der Waals surface area contributed by atoms with Crippen LogP contribution < -0.4 is 10.3 Å². The number of hydrogen-bond acceptors (Lipinski definition) is 4. The van der Waals surface area contributed by atoms with Gasteiger partial charge in [0.1, 0.15) is 24.2 Å². The number of ether oxygens (including phenoxy) is 1. The molecule has 1 aliphatic rings. The predicted molar refractivity (Wildman–Crippen MR) is 102 cm³/mol. The molecule has 0 amide bonds. The number of aryl methyl sites for hydroxylation is 1. The number of hydrogen-bond donors (Lipinski definition) is 1. The van der Waals surface area contributed by atoms with E-state index in [9.17, 15) is 18.0 Å². The first-order chi connectivity index (χ1) is 14.2. The van der Waals surface area contributed by atoms with Gasteiger partial charge in [-0.2, -0.15) is 22.5 Å². The van der Waals surface area contributed by atoms with Crippen LogP contribution >= 0.6 is 0 Å². The largest absolute Gasteiger partial charge is 0.472 e. The molecule has 3 aromatic rings. The van der Waals surface area contributed by atoms with Crippen LogP contribution in [0.1, 0.15) is 37.9 Å². The van der Waals surface area contributed by atoms with Crippen LogP contribution in [0.4, 0.5) is 17.6 Å². The molecule has 0 aromatic carbocycles. The number of fused-ring (bicyclic) bond motifs is 1. The molecular weight excluding hydrogens is 404 g/mol. The Labute approximate surface area is 168 Å². The fraction of sp³-hybridized carbons (Fsp3) is 0.450. The highest BCUT2D eigenvalue weighted by Gasteiger charge is 2.31. The molecule has 0 spiro atoms. The molecule has 10 heteroatoms. The summed E-state index contributed by atoms with van der Waals surface area (Å²) in [6, 6.07) is 2.40. The van der Waals surface area contributed by atoms with Gasteiger partial charge < -0.3 is 9.72 Å². The quantitative estimate of drug-likeness (QED) is 0.626. The van der Waals surface area contributed by atoms with Gasteiger partial charge >= 0.3 is 6.18 Å². The Balaban J connectivity index is 1.84. The molecule has 1 fully saturated rings. The number of alkyl halides is 3. The third-order valence-electron chi connectivity index (χ3n) is 5.17. The normalized spacial score (nSPS) is 15.6. The number of nitrogens with zero attached hydrogens (tertiary/aromatic N) is 3. The van der Waals surface area contributed by atoms with Gasteiger partial charge in [0.05, 0.1) is 11.0 Å². The second kappa shape index (κ2) is 7.73. The number of H-pyrrole nitrogens is 1. The fourth-order valence-electron chi connectivity index (χ4n) is 3.85. The topological polar surface area (TPSA) is 72.8 Å². The van der Waals surface area contributed by atoms with Crippen molar-refractivity contribution in [2.75, 3.05) is 0 Å². The molecule has 1 N–H and O–H groups in total. The number of rotatable bonds is 4. The molecule has 3 heterocycles. The lowest BCUT2D eigenvalue weighted by Gasteiger charge is -2.23. The minimum Gasteiger partial charge on any atom is -0.472 e. The highest BCUT2D eigenvalue weighted by molar-refractivity contribution is 5.92. The predicted octanol–water partition coefficient (Wildman–Crippen LogP) is 4.51. The number of halogens is 4. The maximum atomic E-state index is 15.3. The standard InChI is InChI=1S/C20H20F4N4O2/c1-11-26-17(16(21)19(27-11)30-12-5-3-2-4-6-12)13-9-25-14-7-8-15(29)28(18(13)14)10-20(22,23)24/h7-9,12,25H,2-6,10H2,1H3. The third-order valence-corrected chi connectivity index (χ3v) is 5.17. The van der Waals surface area contributed by atoms with E-state index >= 15 is 4.39 Å². The van der Waals surface area contributed by atoms with Crippen LogP contribution in [0.5, 0.6) is 5.88 Å². The molecule has 0 aliphatic heterocycles. The summed E-state index contributed by atoms with van der Waals surface area (Å²) in [5.41, 5.74) is -0.810. The summed E-state index contributed by atoms with van der Waals surface area (Å²) in [6.45, 7) is 0.0550. The second-order valence-corrected chi connectivity index (χ2v) is 7.45. The van der Waals surface area contributed by atoms with Crippen LogP contribution in [-0.2, 0) is 6.54 Å². The van der Waals surface area contributed by atoms with E-state index in [1.807, 2.05) is 0 Å². The van der Waals surface area contributed by atoms with Crippen LogP contribution in [0, 0.1) is 12.7 Å². The zero-order valence-electron chi connectivity index (χ0n) is 16.2. The van der Waals surface area contributed by atoms with Crippen molar-refractivity contribution in [2.45, 2.75) is 57.9 Å². The Morgan fingerprint density at radius 2 is 1.93 bits per heavy atom. The smallest absolute Gasteiger partial charge is 0.406 e. The molecule has 1 aliphatic carbocycles. The summed E-state index contributed by atoms with van der Waals surface area (Å²) in [6.07, 6.45) is 1.19. The lowest BCUT2D eigenvalue weighted by atomic mass is 9.98. The van der Waals surface area contributed by atoms with Gasteiger partial charge in [0.15, 0.2) is 0 Å². The lowest BCUT2D eigenvalue weighted by Crippen LogP contribution is -2.27. The molecule has 0 saturated heterocycles. The zero-order valence-corrected chi connectivity index (χ0v) is 16.2. The van der Waals surface area contributed by atoms with E-state index in [2.05, 4.69) is 15.0 Å². The van der Waals surface area contributed by atoms with Gasteiger partial charge in [-0.15, -0.1) is 0 Å². The average molecular weight is 424 g/mol. The maximum absolute atomic E-state index is 15.3. The Hall–Kier alpha value is -2.91. The first-order valence-electron chi connectivity index (χ1n) is 9.72. The first kappa shape index (κ1) is 20.4. The molecule has 1 saturated carbocycles. The summed E-state index contributed by atoms with van der Waals surface area (Å²) in [5.74, 6) is -0.867. The highest BCUT2D eigenvalue weighted by Crippen LogP contribution is 2.33. The molecule has 0 unspecified atom stereocenters. The van der Waals surface area contributed by atoms with Gasteiger partial charge in [0.2, 0.25) is 5.82 Å². The summed E-state index contributed by atoms with van der Waals surface area (Å²) in [4.78, 5) is 23.1. The van der Waals surface area contributed by atoms with Crippen molar-refractivity contribution in [3.05, 3.63) is 40.3 Å². The van der Waals surface area contributed by atoms with Gasteiger partial charge in [-0.25, -0.2) is 4.98 Å². The molecule has 0 radical (unpaired) electrons. The van der Waals surface area contributed by atoms with E-state index in [-0.39, 0.29) is 40.1 Å². The van der Waals surface area contributed by atoms with Gasteiger partial charge in [-0.05, 0) is 38.7 Å². The second-order valence-electron chi connectivity index (χ2n) is 7.45. The number of aromatic nitrogens is 4. The van der Waals surface area contributed by atoms with E-state index in [1.165, 1.54) is 12.3 Å². The number of pyridine rings is 1. The third kappa shape index (κ3) is 4.03. The molecule has 0 atom stereocenters. The summed E-state index contributed by atoms with van der Waals surface area (Å²) >= 11 is 0. The van der Waals surface area contributed by atoms with Gasteiger partial charge in [-0.3, -0.25) is 9.36 Å². The highest BCUT2D eigenvalue weighted by atomic mass is 19.4. The summed E-state index contributed by atoms with van der Waals surface area (Å²) in [5, 5.41) is 0. The minimum absolute atomic E-state index is 0.0449. The van der Waals surface area contributed by atoms with Crippen molar-refractivity contribution in [1.29, 1.82) is 0 Å². The number of nitrogens with one attached hydrogen (secondary N) is 1. The van der Waals surface area contributed by atoms with Crippen LogP contribution in [0.25, 0.3) is 22.3 Å². The molecule has 3 aromatic heterocycles. The lowest BCUT2D eigenvalue weighted by molar-refractivity contribution is -0.140. The van der Waals surface area contributed by atoms with Crippen LogP contribution in [0.3, 0.4) is 0 Å². The van der Waals surface area contributed by atoms with E-state index in [0.717, 1.165) is 38.2 Å². The Morgan fingerprint density at radius 3 is 2.63 bits per heavy atom. The Bertz CT molecular complexity index is 1130. The first-order valence-corrected chi connectivity index (χ1v) is 9.72. The average Bonchev–Trinajstić information content (AvgIpc) is 3.11. The van der Waals surface area contributed by atoms with Crippen molar-refractivity contribution in [2.24, 2.45) is 0 Å². The van der Waals surface area contributed by atoms with Crippen LogP contribution in [0.2, 0.25) is 0 Å². The fourth-order valence-corrected chi connectivity index (χ4v) is 3.85. The van der Waals surface area contributed by atoms with E-state index < -0.39 is 24.1 Å². The van der Waals surface area contributed by atoms with Gasteiger partial charge in [0.25, 0.3) is 11.4 Å². The molecular formula is C20H20F4N4O2. The minimum atomic E-state index is -4.62. The van der Waals surface area contributed by atoms with E-state index in [1.54, 1.807) is 6.92 Å². The van der Waals surface area contributed by atoms with Crippen molar-refractivity contribution < 1.29 is 22.3 Å². The maximum Gasteiger partial charge on any atom is 0.406 e. The molecule has 4 rings (SSSR count). The van der Waals surface area contributed by atoms with E-state index in [4.69, 9.17) is 4.74 Å². The van der Waals surface area contributed by atoms with Crippen LogP contribution in [-0.4, -0.2) is 31.8 Å². The molecule has 0 bridgehead atoms. The Morgan fingerprint density at radius 1 is 1.20 bits per heavy atom. The Kier molecular flexibility index (Phi) is 5.25. The van der Waals surface area contributed by atoms with Gasteiger partial charge in [-0.1, -0.05) is 6.42 Å². The molecule has 160 valence electrons. The summed E-state index contributed by atoms with van der Waals surface area (Å²) < 4.78 is 60.8. The SMILES string of the molecule is Cc1nc(OC2CCCCC2)c(F)c(-c2c[nH]c3ccc(=O)n(CC(F)(F)F)c23)n1. The van der Waals surface area contributed by atoms with Crippen LogP contribution in [0.15, 0.2) is 23.1 Å². The summed E-state index contributed by atoms with van der Waals surface area (Å²) in [7, 11) is 0. The van der Waals surface area contributed by atoms with Crippen molar-refractivity contribution in [1.82, 2.24) is 19.5 Å². The number of aromatic amines is 1. The van der Waals surface area contributed by atoms with Crippen molar-refractivity contribution in [3.8, 4) is 17.1 Å². The molecule has 6 nitrogen and oxygen atoms in total. The monoisotopic (exact) mass is 424 g/mol.